The molecule has 0 aliphatic rings. The van der Waals surface area contributed by atoms with E-state index in [2.05, 4.69) is 0 Å². The van der Waals surface area contributed by atoms with Crippen LogP contribution in [-0.2, 0) is 0 Å². The third-order valence-electron chi connectivity index (χ3n) is 0. The Bertz CT molecular complexity index is 5.51. The van der Waals surface area contributed by atoms with Gasteiger partial charge in [-0.05, 0) is 0 Å². The molecule has 0 aliphatic carbocycles. The Labute approximate surface area is 54.5 Å². The average Bonchev–Trinajstić information content (AvgIpc) is 0. The van der Waals surface area contributed by atoms with Gasteiger partial charge in [-0.1, -0.05) is 0 Å². The zero-order valence-electron chi connectivity index (χ0n) is 3.63. The van der Waals surface area contributed by atoms with E-state index in [1.807, 2.05) is 0 Å². The molecular formula is H10F4Ge2. The quantitative estimate of drug-likeness (QED) is 0.342. The molecule has 0 saturated carbocycles. The molecule has 46 valence electrons. The number of rotatable bonds is 0. The Morgan fingerprint density at radius 1 is 0.333 bits per heavy atom. The van der Waals surface area contributed by atoms with Crippen LogP contribution in [0, 0.1) is 0 Å². The van der Waals surface area contributed by atoms with Crippen molar-refractivity contribution in [2.24, 2.45) is 0 Å². The van der Waals surface area contributed by atoms with Crippen LogP contribution in [0.25, 0.3) is 0 Å². The first-order valence-electron chi connectivity index (χ1n) is 0. The van der Waals surface area contributed by atoms with Gasteiger partial charge >= 0.3 is 35.2 Å². The van der Waals surface area contributed by atoms with Crippen molar-refractivity contribution in [3.05, 3.63) is 0 Å². The topological polar surface area (TPSA) is 0 Å². The molecule has 0 amide bonds. The van der Waals surface area contributed by atoms with Crippen LogP contribution in [0.4, 0.5) is 18.8 Å². The van der Waals surface area contributed by atoms with Crippen molar-refractivity contribution < 1.29 is 18.8 Å². The average molecular weight is 231 g/mol. The van der Waals surface area contributed by atoms with E-state index in [4.69, 9.17) is 0 Å². The Hall–Kier alpha value is 0.806. The van der Waals surface area contributed by atoms with Crippen LogP contribution >= 0.6 is 0 Å². The van der Waals surface area contributed by atoms with E-state index in [1.165, 1.54) is 0 Å². The number of halogens is 4. The second-order valence-corrected chi connectivity index (χ2v) is 0. The third kappa shape index (κ3) is 107. The summed E-state index contributed by atoms with van der Waals surface area (Å²) in [5.41, 5.74) is 0. The molecule has 0 rings (SSSR count). The normalized spacial score (nSPS) is 0. The van der Waals surface area contributed by atoms with E-state index in [-0.39, 0.29) is 54.0 Å². The minimum atomic E-state index is 0. The van der Waals surface area contributed by atoms with E-state index in [9.17, 15) is 0 Å². The molecule has 0 saturated heterocycles. The molecule has 0 nitrogen and oxygen atoms in total. The van der Waals surface area contributed by atoms with Gasteiger partial charge in [-0.3, -0.25) is 18.8 Å². The van der Waals surface area contributed by atoms with Crippen molar-refractivity contribution in [2.45, 2.75) is 0 Å². The van der Waals surface area contributed by atoms with Gasteiger partial charge in [0.2, 0.25) is 0 Å². The van der Waals surface area contributed by atoms with Gasteiger partial charge in [-0.25, -0.2) is 0 Å². The van der Waals surface area contributed by atoms with Crippen LogP contribution in [-0.4, -0.2) is 35.2 Å². The van der Waals surface area contributed by atoms with Crippen LogP contribution in [0.1, 0.15) is 0 Å². The summed E-state index contributed by atoms with van der Waals surface area (Å²) in [4.78, 5) is 0. The van der Waals surface area contributed by atoms with Crippen LogP contribution in [0.3, 0.4) is 0 Å². The second kappa shape index (κ2) is 207. The molecule has 0 unspecified atom stereocenters. The number of hydrogen-bond acceptors (Lipinski definition) is 0. The molecule has 6 heteroatoms. The van der Waals surface area contributed by atoms with E-state index in [0.29, 0.717) is 0 Å². The summed E-state index contributed by atoms with van der Waals surface area (Å²) in [6.07, 6.45) is 0. The van der Waals surface area contributed by atoms with Crippen LogP contribution in [0.15, 0.2) is 0 Å². The molecule has 0 heterocycles. The molecular weight excluding hydrogens is 221 g/mol. The van der Waals surface area contributed by atoms with Crippen LogP contribution in [0.2, 0.25) is 0 Å². The van der Waals surface area contributed by atoms with Crippen molar-refractivity contribution in [1.29, 1.82) is 0 Å². The minimum absolute atomic E-state index is 0. The van der Waals surface area contributed by atoms with E-state index >= 15 is 0 Å². The molecule has 0 aromatic heterocycles. The molecule has 2 radical (unpaired) electrons. The van der Waals surface area contributed by atoms with Gasteiger partial charge in [0.15, 0.2) is 0 Å². The van der Waals surface area contributed by atoms with Crippen molar-refractivity contribution in [3.8, 4) is 0 Å². The molecule has 0 bridgehead atoms. The number of hydrogen-bond donors (Lipinski definition) is 0. The molecule has 0 aromatic rings. The standard InChI is InChI=1S/4FH.2GeH3/h4*1H;2*1H3. The summed E-state index contributed by atoms with van der Waals surface area (Å²) in [6.45, 7) is 0. The summed E-state index contributed by atoms with van der Waals surface area (Å²) >= 11 is 0. The molecule has 0 spiro atoms. The van der Waals surface area contributed by atoms with Crippen LogP contribution < -0.4 is 0 Å². The van der Waals surface area contributed by atoms with E-state index < -0.39 is 0 Å². The maximum atomic E-state index is 0. The fraction of sp³-hybridized carbons (Fsp3) is 0. The molecule has 0 N–H and O–H groups in total. The van der Waals surface area contributed by atoms with Gasteiger partial charge < -0.3 is 0 Å². The predicted molar refractivity (Wildman–Crippen MR) is 29.9 cm³/mol. The van der Waals surface area contributed by atoms with Crippen LogP contribution in [0.5, 0.6) is 0 Å². The van der Waals surface area contributed by atoms with Crippen molar-refractivity contribution >= 4 is 35.2 Å². The summed E-state index contributed by atoms with van der Waals surface area (Å²) in [5.74, 6) is 0. The molecule has 0 aliphatic heterocycles. The first kappa shape index (κ1) is 353. The molecule has 0 fully saturated rings. The maximum absolute atomic E-state index is 0. The van der Waals surface area contributed by atoms with Gasteiger partial charge in [-0.2, -0.15) is 0 Å². The van der Waals surface area contributed by atoms with Gasteiger partial charge in [-0.15, -0.1) is 0 Å². The van der Waals surface area contributed by atoms with E-state index in [1.54, 1.807) is 0 Å². The summed E-state index contributed by atoms with van der Waals surface area (Å²) in [5, 5.41) is 0. The van der Waals surface area contributed by atoms with Gasteiger partial charge in [0.05, 0.1) is 0 Å². The molecule has 6 heavy (non-hydrogen) atoms. The third-order valence-corrected chi connectivity index (χ3v) is 0. The Kier molecular flexibility index (Phi) is 12200. The van der Waals surface area contributed by atoms with Crippen molar-refractivity contribution in [2.75, 3.05) is 0 Å². The van der Waals surface area contributed by atoms with Gasteiger partial charge in [0, 0.05) is 0 Å². The second-order valence-electron chi connectivity index (χ2n) is 0. The molecule has 0 atom stereocenters. The first-order chi connectivity index (χ1) is 0. The van der Waals surface area contributed by atoms with Crippen molar-refractivity contribution in [3.63, 3.8) is 0 Å². The Morgan fingerprint density at radius 2 is 0.333 bits per heavy atom. The summed E-state index contributed by atoms with van der Waals surface area (Å²) in [7, 11) is 0. The fourth-order valence-electron chi connectivity index (χ4n) is 0. The Balaban J connectivity index is 0. The SMILES string of the molecule is F.F.F.F.[GeH3].[GeH3]. The Morgan fingerprint density at radius 3 is 0.333 bits per heavy atom. The zero-order chi connectivity index (χ0) is 0. The van der Waals surface area contributed by atoms with Gasteiger partial charge in [0.1, 0.15) is 0 Å². The van der Waals surface area contributed by atoms with Crippen molar-refractivity contribution in [1.82, 2.24) is 0 Å². The summed E-state index contributed by atoms with van der Waals surface area (Å²) in [6, 6.07) is 0. The van der Waals surface area contributed by atoms with E-state index in [0.717, 1.165) is 0 Å². The van der Waals surface area contributed by atoms with Gasteiger partial charge in [0.25, 0.3) is 0 Å². The first-order valence-corrected chi connectivity index (χ1v) is 0. The fourth-order valence-corrected chi connectivity index (χ4v) is 0. The predicted octanol–water partition coefficient (Wildman–Crippen LogP) is -1.76. The zero-order valence-corrected chi connectivity index (χ0v) is 12.0. The molecule has 0 aromatic carbocycles. The summed E-state index contributed by atoms with van der Waals surface area (Å²) < 4.78 is 0. The monoisotopic (exact) mass is 234 g/mol.